The Morgan fingerprint density at radius 2 is 1.78 bits per heavy atom. The summed E-state index contributed by atoms with van der Waals surface area (Å²) in [6, 6.07) is 0. The van der Waals surface area contributed by atoms with Gasteiger partial charge in [0.25, 0.3) is 0 Å². The van der Waals surface area contributed by atoms with Crippen molar-refractivity contribution in [1.82, 2.24) is 4.90 Å². The number of hydrogen-bond acceptors (Lipinski definition) is 2. The van der Waals surface area contributed by atoms with Gasteiger partial charge in [0.15, 0.2) is 0 Å². The lowest BCUT2D eigenvalue weighted by Gasteiger charge is -2.41. The lowest BCUT2D eigenvalue weighted by atomic mass is 9.88. The Kier molecular flexibility index (Phi) is 3.81. The van der Waals surface area contributed by atoms with Gasteiger partial charge in [0, 0.05) is 18.6 Å². The van der Waals surface area contributed by atoms with Crippen LogP contribution < -0.4 is 0 Å². The molecule has 0 aromatic rings. The van der Waals surface area contributed by atoms with Crippen LogP contribution in [0.3, 0.4) is 0 Å². The molecular formula is C16H31NO. The molecule has 3 atom stereocenters. The molecule has 1 aliphatic heterocycles. The summed E-state index contributed by atoms with van der Waals surface area (Å²) < 4.78 is 6.03. The van der Waals surface area contributed by atoms with E-state index in [2.05, 4.69) is 46.4 Å². The second kappa shape index (κ2) is 4.79. The summed E-state index contributed by atoms with van der Waals surface area (Å²) >= 11 is 0. The minimum Gasteiger partial charge on any atom is -0.375 e. The van der Waals surface area contributed by atoms with Crippen LogP contribution in [0.25, 0.3) is 0 Å². The fourth-order valence-electron chi connectivity index (χ4n) is 3.29. The van der Waals surface area contributed by atoms with E-state index < -0.39 is 0 Å². The van der Waals surface area contributed by atoms with Crippen molar-refractivity contribution >= 4 is 0 Å². The second-order valence-corrected chi connectivity index (χ2v) is 8.45. The third kappa shape index (κ3) is 3.71. The lowest BCUT2D eigenvalue weighted by Crippen LogP contribution is -2.52. The standard InChI is InChI=1S/C16H31NO/c1-15(2,3)10-12-9-13(12)14-11-17(7-8-18-14)16(4,5)6/h12-14H,7-11H2,1-6H3. The summed E-state index contributed by atoms with van der Waals surface area (Å²) in [6.07, 6.45) is 3.23. The van der Waals surface area contributed by atoms with Crippen molar-refractivity contribution in [3.8, 4) is 0 Å². The van der Waals surface area contributed by atoms with Crippen LogP contribution in [0.2, 0.25) is 0 Å². The van der Waals surface area contributed by atoms with Gasteiger partial charge in [0.1, 0.15) is 0 Å². The average molecular weight is 253 g/mol. The molecule has 2 aliphatic rings. The highest BCUT2D eigenvalue weighted by molar-refractivity contribution is 4.97. The van der Waals surface area contributed by atoms with Crippen molar-refractivity contribution in [2.24, 2.45) is 17.3 Å². The maximum atomic E-state index is 6.03. The summed E-state index contributed by atoms with van der Waals surface area (Å²) in [5, 5.41) is 0. The van der Waals surface area contributed by atoms with Crippen LogP contribution in [-0.4, -0.2) is 36.2 Å². The highest BCUT2D eigenvalue weighted by atomic mass is 16.5. The van der Waals surface area contributed by atoms with E-state index in [1.165, 1.54) is 12.8 Å². The molecule has 1 aliphatic carbocycles. The van der Waals surface area contributed by atoms with Crippen LogP contribution in [0, 0.1) is 17.3 Å². The zero-order chi connectivity index (χ0) is 13.6. The SMILES string of the molecule is CC(C)(C)CC1CC1C1CN(C(C)(C)C)CCO1. The van der Waals surface area contributed by atoms with Crippen molar-refractivity contribution in [1.29, 1.82) is 0 Å². The minimum atomic E-state index is 0.288. The van der Waals surface area contributed by atoms with Crippen LogP contribution in [-0.2, 0) is 4.74 Å². The number of morpholine rings is 1. The molecule has 2 heteroatoms. The summed E-state index contributed by atoms with van der Waals surface area (Å²) in [6.45, 7) is 17.1. The Morgan fingerprint density at radius 1 is 1.11 bits per heavy atom. The van der Waals surface area contributed by atoms with E-state index in [4.69, 9.17) is 4.74 Å². The Morgan fingerprint density at radius 3 is 2.33 bits per heavy atom. The van der Waals surface area contributed by atoms with Crippen molar-refractivity contribution in [2.45, 2.75) is 66.0 Å². The minimum absolute atomic E-state index is 0.288. The van der Waals surface area contributed by atoms with Gasteiger partial charge in [-0.2, -0.15) is 0 Å². The van der Waals surface area contributed by atoms with Crippen molar-refractivity contribution < 1.29 is 4.74 Å². The van der Waals surface area contributed by atoms with Gasteiger partial charge in [0.05, 0.1) is 12.7 Å². The molecule has 0 aromatic carbocycles. The predicted molar refractivity (Wildman–Crippen MR) is 76.7 cm³/mol. The predicted octanol–water partition coefficient (Wildman–Crippen LogP) is 3.56. The van der Waals surface area contributed by atoms with Crippen molar-refractivity contribution in [3.05, 3.63) is 0 Å². The zero-order valence-corrected chi connectivity index (χ0v) is 13.1. The maximum absolute atomic E-state index is 6.03. The van der Waals surface area contributed by atoms with Gasteiger partial charge in [-0.1, -0.05) is 20.8 Å². The van der Waals surface area contributed by atoms with Crippen LogP contribution in [0.5, 0.6) is 0 Å². The van der Waals surface area contributed by atoms with Gasteiger partial charge < -0.3 is 4.74 Å². The van der Waals surface area contributed by atoms with E-state index in [-0.39, 0.29) is 5.54 Å². The van der Waals surface area contributed by atoms with Gasteiger partial charge in [0.2, 0.25) is 0 Å². The molecule has 2 fully saturated rings. The molecule has 0 bridgehead atoms. The molecule has 1 saturated carbocycles. The third-order valence-corrected chi connectivity index (χ3v) is 4.37. The fourth-order valence-corrected chi connectivity index (χ4v) is 3.29. The van der Waals surface area contributed by atoms with Gasteiger partial charge >= 0.3 is 0 Å². The molecule has 18 heavy (non-hydrogen) atoms. The topological polar surface area (TPSA) is 12.5 Å². The van der Waals surface area contributed by atoms with Gasteiger partial charge in [-0.15, -0.1) is 0 Å². The number of rotatable bonds is 2. The largest absolute Gasteiger partial charge is 0.375 e. The first-order chi connectivity index (χ1) is 8.17. The molecule has 106 valence electrons. The molecule has 0 amide bonds. The quantitative estimate of drug-likeness (QED) is 0.746. The van der Waals surface area contributed by atoms with Gasteiger partial charge in [-0.3, -0.25) is 4.90 Å². The van der Waals surface area contributed by atoms with E-state index in [1.54, 1.807) is 0 Å². The Balaban J connectivity index is 1.85. The highest BCUT2D eigenvalue weighted by Gasteiger charge is 2.46. The van der Waals surface area contributed by atoms with Gasteiger partial charge in [-0.05, 0) is 50.9 Å². The molecule has 2 rings (SSSR count). The number of ether oxygens (including phenoxy) is 1. The molecule has 3 unspecified atom stereocenters. The Labute approximate surface area is 113 Å². The van der Waals surface area contributed by atoms with E-state index in [1.807, 2.05) is 0 Å². The smallest absolute Gasteiger partial charge is 0.0733 e. The molecule has 0 aromatic heterocycles. The first-order valence-electron chi connectivity index (χ1n) is 7.53. The molecular weight excluding hydrogens is 222 g/mol. The van der Waals surface area contributed by atoms with Gasteiger partial charge in [-0.25, -0.2) is 0 Å². The average Bonchev–Trinajstić information content (AvgIpc) is 2.93. The van der Waals surface area contributed by atoms with E-state index in [0.717, 1.165) is 31.5 Å². The Hall–Kier alpha value is -0.0800. The lowest BCUT2D eigenvalue weighted by molar-refractivity contribution is -0.0693. The molecule has 0 N–H and O–H groups in total. The monoisotopic (exact) mass is 253 g/mol. The highest BCUT2D eigenvalue weighted by Crippen LogP contribution is 2.49. The summed E-state index contributed by atoms with van der Waals surface area (Å²) in [4.78, 5) is 2.59. The van der Waals surface area contributed by atoms with E-state index in [9.17, 15) is 0 Å². The fraction of sp³-hybridized carbons (Fsp3) is 1.00. The van der Waals surface area contributed by atoms with Crippen LogP contribution in [0.1, 0.15) is 54.4 Å². The third-order valence-electron chi connectivity index (χ3n) is 4.37. The first kappa shape index (κ1) is 14.3. The van der Waals surface area contributed by atoms with Crippen LogP contribution in [0.15, 0.2) is 0 Å². The second-order valence-electron chi connectivity index (χ2n) is 8.45. The van der Waals surface area contributed by atoms with Crippen LogP contribution in [0.4, 0.5) is 0 Å². The molecule has 2 nitrogen and oxygen atoms in total. The zero-order valence-electron chi connectivity index (χ0n) is 13.1. The number of hydrogen-bond donors (Lipinski definition) is 0. The normalized spacial score (nSPS) is 34.7. The van der Waals surface area contributed by atoms with E-state index >= 15 is 0 Å². The summed E-state index contributed by atoms with van der Waals surface area (Å²) in [5.74, 6) is 1.74. The molecule has 1 saturated heterocycles. The molecule has 0 radical (unpaired) electrons. The first-order valence-corrected chi connectivity index (χ1v) is 7.53. The number of nitrogens with zero attached hydrogens (tertiary/aromatic N) is 1. The Bertz CT molecular complexity index is 286. The van der Waals surface area contributed by atoms with Crippen molar-refractivity contribution in [2.75, 3.05) is 19.7 Å². The molecule has 0 spiro atoms. The van der Waals surface area contributed by atoms with Crippen LogP contribution >= 0.6 is 0 Å². The van der Waals surface area contributed by atoms with Crippen molar-refractivity contribution in [3.63, 3.8) is 0 Å². The summed E-state index contributed by atoms with van der Waals surface area (Å²) in [7, 11) is 0. The van der Waals surface area contributed by atoms with E-state index in [0.29, 0.717) is 11.5 Å². The summed E-state index contributed by atoms with van der Waals surface area (Å²) in [5.41, 5.74) is 0.758. The molecule has 1 heterocycles. The maximum Gasteiger partial charge on any atom is 0.0733 e.